The Bertz CT molecular complexity index is 1000. The van der Waals surface area contributed by atoms with E-state index in [9.17, 15) is 9.59 Å². The summed E-state index contributed by atoms with van der Waals surface area (Å²) in [6.45, 7) is 0.320. The Morgan fingerprint density at radius 1 is 0.897 bits per heavy atom. The first-order valence-corrected chi connectivity index (χ1v) is 9.20. The molecule has 0 aromatic heterocycles. The van der Waals surface area contributed by atoms with Crippen LogP contribution in [0.3, 0.4) is 0 Å². The van der Waals surface area contributed by atoms with Gasteiger partial charge in [0.05, 0.1) is 18.4 Å². The van der Waals surface area contributed by atoms with Gasteiger partial charge < -0.3 is 20.7 Å². The fourth-order valence-electron chi connectivity index (χ4n) is 2.86. The summed E-state index contributed by atoms with van der Waals surface area (Å²) < 4.78 is 5.17. The molecule has 0 heterocycles. The number of amides is 2. The second-order valence-corrected chi connectivity index (χ2v) is 6.36. The van der Waals surface area contributed by atoms with Crippen LogP contribution < -0.4 is 20.7 Å². The Kier molecular flexibility index (Phi) is 6.47. The third-order valence-corrected chi connectivity index (χ3v) is 4.41. The zero-order valence-corrected chi connectivity index (χ0v) is 16.4. The lowest BCUT2D eigenvalue weighted by molar-refractivity contribution is 0.0949. The van der Waals surface area contributed by atoms with Gasteiger partial charge in [-0.15, -0.1) is 0 Å². The molecule has 3 aromatic rings. The van der Waals surface area contributed by atoms with Crippen LogP contribution in [0, 0.1) is 0 Å². The first-order chi connectivity index (χ1) is 14.1. The van der Waals surface area contributed by atoms with Crippen LogP contribution in [0.25, 0.3) is 0 Å². The van der Waals surface area contributed by atoms with Crippen molar-refractivity contribution in [3.05, 3.63) is 89.5 Å². The molecule has 0 aliphatic carbocycles. The molecule has 3 aromatic carbocycles. The van der Waals surface area contributed by atoms with Gasteiger partial charge in [-0.2, -0.15) is 0 Å². The van der Waals surface area contributed by atoms with Gasteiger partial charge in [0.15, 0.2) is 0 Å². The molecule has 3 rings (SSSR count). The van der Waals surface area contributed by atoms with Crippen molar-refractivity contribution in [1.82, 2.24) is 10.6 Å². The van der Waals surface area contributed by atoms with Crippen LogP contribution in [0.5, 0.6) is 5.75 Å². The van der Waals surface area contributed by atoms with E-state index in [2.05, 4.69) is 16.0 Å². The highest BCUT2D eigenvalue weighted by Gasteiger charge is 2.12. The van der Waals surface area contributed by atoms with Gasteiger partial charge in [0.1, 0.15) is 5.75 Å². The van der Waals surface area contributed by atoms with E-state index in [0.717, 1.165) is 17.0 Å². The molecule has 6 heteroatoms. The summed E-state index contributed by atoms with van der Waals surface area (Å²) in [5.74, 6) is 0.403. The first kappa shape index (κ1) is 19.9. The maximum atomic E-state index is 12.8. The molecule has 0 saturated heterocycles. The van der Waals surface area contributed by atoms with Crippen molar-refractivity contribution in [3.63, 3.8) is 0 Å². The van der Waals surface area contributed by atoms with Gasteiger partial charge in [-0.25, -0.2) is 0 Å². The monoisotopic (exact) mass is 389 g/mol. The lowest BCUT2D eigenvalue weighted by atomic mass is 10.1. The van der Waals surface area contributed by atoms with E-state index in [1.165, 1.54) is 0 Å². The molecule has 0 aliphatic rings. The lowest BCUT2D eigenvalue weighted by Crippen LogP contribution is -2.24. The fraction of sp³-hybridized carbons (Fsp3) is 0.130. The van der Waals surface area contributed by atoms with E-state index in [-0.39, 0.29) is 11.8 Å². The van der Waals surface area contributed by atoms with E-state index in [0.29, 0.717) is 23.4 Å². The van der Waals surface area contributed by atoms with Crippen molar-refractivity contribution in [2.24, 2.45) is 0 Å². The molecule has 0 radical (unpaired) electrons. The lowest BCUT2D eigenvalue weighted by Gasteiger charge is -2.13. The van der Waals surface area contributed by atoms with Crippen LogP contribution in [0.1, 0.15) is 26.3 Å². The predicted molar refractivity (Wildman–Crippen MR) is 114 cm³/mol. The molecular formula is C23H23N3O3. The molecule has 148 valence electrons. The van der Waals surface area contributed by atoms with E-state index < -0.39 is 0 Å². The highest BCUT2D eigenvalue weighted by Crippen LogP contribution is 2.23. The van der Waals surface area contributed by atoms with Crippen LogP contribution in [0.15, 0.2) is 72.8 Å². The highest BCUT2D eigenvalue weighted by molar-refractivity contribution is 6.00. The van der Waals surface area contributed by atoms with Crippen LogP contribution in [-0.2, 0) is 6.54 Å². The first-order valence-electron chi connectivity index (χ1n) is 9.20. The Morgan fingerprint density at radius 3 is 2.38 bits per heavy atom. The summed E-state index contributed by atoms with van der Waals surface area (Å²) >= 11 is 0. The van der Waals surface area contributed by atoms with Crippen LogP contribution >= 0.6 is 0 Å². The molecule has 0 bridgehead atoms. The average Bonchev–Trinajstić information content (AvgIpc) is 2.78. The number of nitrogens with one attached hydrogen (secondary N) is 3. The van der Waals surface area contributed by atoms with E-state index in [1.54, 1.807) is 38.4 Å². The molecule has 0 unspecified atom stereocenters. The number of benzene rings is 3. The van der Waals surface area contributed by atoms with Gasteiger partial charge in [-0.3, -0.25) is 9.59 Å². The standard InChI is InChI=1S/C23H23N3O3/c1-24-22(27)17-7-5-6-16(14-17)15-25-23(28)20-8-3-4-9-21(20)26-18-10-12-19(29-2)13-11-18/h3-14,26H,15H2,1-2H3,(H,24,27)(H,25,28). The number of ether oxygens (including phenoxy) is 1. The number of anilines is 2. The minimum absolute atomic E-state index is 0.160. The smallest absolute Gasteiger partial charge is 0.253 e. The normalized spacial score (nSPS) is 10.1. The average molecular weight is 389 g/mol. The van der Waals surface area contributed by atoms with Gasteiger partial charge in [0.25, 0.3) is 11.8 Å². The number of para-hydroxylation sites is 1. The van der Waals surface area contributed by atoms with Crippen molar-refractivity contribution < 1.29 is 14.3 Å². The number of rotatable bonds is 7. The summed E-state index contributed by atoms with van der Waals surface area (Å²) in [7, 11) is 3.20. The van der Waals surface area contributed by atoms with E-state index in [1.807, 2.05) is 48.5 Å². The number of hydrogen-bond acceptors (Lipinski definition) is 4. The maximum Gasteiger partial charge on any atom is 0.253 e. The Hall–Kier alpha value is -3.80. The molecule has 6 nitrogen and oxygen atoms in total. The summed E-state index contributed by atoms with van der Waals surface area (Å²) in [5, 5.41) is 8.77. The van der Waals surface area contributed by atoms with Crippen molar-refractivity contribution in [2.75, 3.05) is 19.5 Å². The fourth-order valence-corrected chi connectivity index (χ4v) is 2.86. The van der Waals surface area contributed by atoms with Gasteiger partial charge in [0.2, 0.25) is 0 Å². The maximum absolute atomic E-state index is 12.8. The van der Waals surface area contributed by atoms with Crippen molar-refractivity contribution in [1.29, 1.82) is 0 Å². The quantitative estimate of drug-likeness (QED) is 0.575. The topological polar surface area (TPSA) is 79.5 Å². The van der Waals surface area contributed by atoms with Crippen LogP contribution in [0.2, 0.25) is 0 Å². The third kappa shape index (κ3) is 5.13. The molecule has 0 saturated carbocycles. The van der Waals surface area contributed by atoms with Gasteiger partial charge in [0, 0.05) is 24.8 Å². The minimum Gasteiger partial charge on any atom is -0.497 e. The minimum atomic E-state index is -0.202. The second-order valence-electron chi connectivity index (χ2n) is 6.36. The third-order valence-electron chi connectivity index (χ3n) is 4.41. The van der Waals surface area contributed by atoms with Crippen LogP contribution in [-0.4, -0.2) is 26.0 Å². The van der Waals surface area contributed by atoms with Crippen LogP contribution in [0.4, 0.5) is 11.4 Å². The summed E-state index contributed by atoms with van der Waals surface area (Å²) in [4.78, 5) is 24.5. The van der Waals surface area contributed by atoms with E-state index >= 15 is 0 Å². The van der Waals surface area contributed by atoms with E-state index in [4.69, 9.17) is 4.74 Å². The van der Waals surface area contributed by atoms with Crippen molar-refractivity contribution in [2.45, 2.75) is 6.54 Å². The molecular weight excluding hydrogens is 366 g/mol. The van der Waals surface area contributed by atoms with Gasteiger partial charge in [-0.05, 0) is 54.1 Å². The Balaban J connectivity index is 1.70. The van der Waals surface area contributed by atoms with Crippen molar-refractivity contribution in [3.8, 4) is 5.75 Å². The Morgan fingerprint density at radius 2 is 1.66 bits per heavy atom. The zero-order chi connectivity index (χ0) is 20.6. The van der Waals surface area contributed by atoms with Gasteiger partial charge >= 0.3 is 0 Å². The molecule has 0 aliphatic heterocycles. The summed E-state index contributed by atoms with van der Waals surface area (Å²) in [6.07, 6.45) is 0. The summed E-state index contributed by atoms with van der Waals surface area (Å²) in [5.41, 5.74) is 3.49. The zero-order valence-electron chi connectivity index (χ0n) is 16.4. The number of hydrogen-bond donors (Lipinski definition) is 3. The molecule has 0 spiro atoms. The largest absolute Gasteiger partial charge is 0.497 e. The highest BCUT2D eigenvalue weighted by atomic mass is 16.5. The molecule has 29 heavy (non-hydrogen) atoms. The Labute approximate surface area is 169 Å². The SMILES string of the molecule is CNC(=O)c1cccc(CNC(=O)c2ccccc2Nc2ccc(OC)cc2)c1. The number of carbonyl (C=O) groups excluding carboxylic acids is 2. The predicted octanol–water partition coefficient (Wildman–Crippen LogP) is 3.73. The molecule has 0 fully saturated rings. The summed E-state index contributed by atoms with van der Waals surface area (Å²) in [6, 6.07) is 22.0. The molecule has 3 N–H and O–H groups in total. The number of methoxy groups -OCH3 is 1. The van der Waals surface area contributed by atoms with Gasteiger partial charge in [-0.1, -0.05) is 24.3 Å². The molecule has 2 amide bonds. The second kappa shape index (κ2) is 9.41. The van der Waals surface area contributed by atoms with Crippen molar-refractivity contribution >= 4 is 23.2 Å². The molecule has 0 atom stereocenters. The number of carbonyl (C=O) groups is 2.